The van der Waals surface area contributed by atoms with Crippen molar-refractivity contribution < 1.29 is 0 Å². The molecule has 0 radical (unpaired) electrons. The molecule has 1 saturated carbocycles. The second-order valence-corrected chi connectivity index (χ2v) is 3.41. The van der Waals surface area contributed by atoms with Crippen LogP contribution in [-0.4, -0.2) is 25.2 Å². The first kappa shape index (κ1) is 6.62. The molecular formula is C8H16N2. The number of rotatable bonds is 0. The van der Waals surface area contributed by atoms with Crippen LogP contribution in [0, 0.1) is 0 Å². The topological polar surface area (TPSA) is 24.1 Å². The summed E-state index contributed by atoms with van der Waals surface area (Å²) in [4.78, 5) is 0. The van der Waals surface area contributed by atoms with Crippen LogP contribution >= 0.6 is 0 Å². The Balaban J connectivity index is 1.93. The minimum absolute atomic E-state index is 0.794. The van der Waals surface area contributed by atoms with E-state index in [0.717, 1.165) is 12.1 Å². The lowest BCUT2D eigenvalue weighted by atomic mass is 9.89. The number of piperazine rings is 1. The molecular weight excluding hydrogens is 124 g/mol. The maximum absolute atomic E-state index is 3.56. The molecule has 1 aliphatic carbocycles. The van der Waals surface area contributed by atoms with E-state index in [-0.39, 0.29) is 0 Å². The predicted molar refractivity (Wildman–Crippen MR) is 42.0 cm³/mol. The molecule has 0 spiro atoms. The Morgan fingerprint density at radius 1 is 0.800 bits per heavy atom. The molecule has 2 N–H and O–H groups in total. The Morgan fingerprint density at radius 3 is 1.80 bits per heavy atom. The van der Waals surface area contributed by atoms with Crippen molar-refractivity contribution in [2.75, 3.05) is 13.1 Å². The zero-order valence-corrected chi connectivity index (χ0v) is 6.40. The van der Waals surface area contributed by atoms with Gasteiger partial charge in [-0.2, -0.15) is 0 Å². The fourth-order valence-electron chi connectivity index (χ4n) is 2.13. The highest BCUT2D eigenvalue weighted by Gasteiger charge is 2.26. The molecule has 0 aromatic heterocycles. The van der Waals surface area contributed by atoms with Crippen LogP contribution in [0.3, 0.4) is 0 Å². The Labute approximate surface area is 62.4 Å². The Hall–Kier alpha value is -0.0800. The molecule has 2 aliphatic rings. The monoisotopic (exact) mass is 140 g/mol. The summed E-state index contributed by atoms with van der Waals surface area (Å²) in [7, 11) is 0. The van der Waals surface area contributed by atoms with Crippen molar-refractivity contribution in [1.82, 2.24) is 10.6 Å². The molecule has 1 saturated heterocycles. The third-order valence-electron chi connectivity index (χ3n) is 2.70. The highest BCUT2D eigenvalue weighted by atomic mass is 15.1. The van der Waals surface area contributed by atoms with Gasteiger partial charge in [-0.3, -0.25) is 0 Å². The highest BCUT2D eigenvalue weighted by molar-refractivity contribution is 4.89. The minimum atomic E-state index is 0.794. The quantitative estimate of drug-likeness (QED) is 0.511. The average molecular weight is 140 g/mol. The molecule has 0 unspecified atom stereocenters. The number of fused-ring (bicyclic) bond motifs is 1. The number of hydrogen-bond acceptors (Lipinski definition) is 2. The van der Waals surface area contributed by atoms with E-state index in [1.54, 1.807) is 0 Å². The standard InChI is InChI=1S/C8H16N2/c1-2-4-8-7(3-1)9-5-6-10-8/h7-10H,1-6H2/t7-,8-/m0/s1. The van der Waals surface area contributed by atoms with Crippen LogP contribution in [0.4, 0.5) is 0 Å². The van der Waals surface area contributed by atoms with Gasteiger partial charge in [0.25, 0.3) is 0 Å². The van der Waals surface area contributed by atoms with E-state index < -0.39 is 0 Å². The molecule has 58 valence electrons. The third kappa shape index (κ3) is 1.18. The second-order valence-electron chi connectivity index (χ2n) is 3.41. The average Bonchev–Trinajstić information content (AvgIpc) is 2.05. The molecule has 0 aromatic rings. The van der Waals surface area contributed by atoms with Crippen molar-refractivity contribution in [2.45, 2.75) is 37.8 Å². The zero-order chi connectivity index (χ0) is 6.81. The molecule has 1 heterocycles. The van der Waals surface area contributed by atoms with Gasteiger partial charge < -0.3 is 10.6 Å². The van der Waals surface area contributed by atoms with E-state index in [2.05, 4.69) is 10.6 Å². The Bertz CT molecular complexity index is 87.8. The first-order valence-electron chi connectivity index (χ1n) is 4.43. The van der Waals surface area contributed by atoms with E-state index in [1.807, 2.05) is 0 Å². The van der Waals surface area contributed by atoms with Gasteiger partial charge in [-0.15, -0.1) is 0 Å². The maximum atomic E-state index is 3.56. The minimum Gasteiger partial charge on any atom is -0.311 e. The van der Waals surface area contributed by atoms with Crippen molar-refractivity contribution in [3.05, 3.63) is 0 Å². The molecule has 2 nitrogen and oxygen atoms in total. The third-order valence-corrected chi connectivity index (χ3v) is 2.70. The van der Waals surface area contributed by atoms with Gasteiger partial charge in [0.2, 0.25) is 0 Å². The van der Waals surface area contributed by atoms with E-state index in [0.29, 0.717) is 0 Å². The summed E-state index contributed by atoms with van der Waals surface area (Å²) >= 11 is 0. The van der Waals surface area contributed by atoms with Crippen molar-refractivity contribution in [2.24, 2.45) is 0 Å². The van der Waals surface area contributed by atoms with Crippen LogP contribution in [-0.2, 0) is 0 Å². The van der Waals surface area contributed by atoms with Gasteiger partial charge in [0.15, 0.2) is 0 Å². The fraction of sp³-hybridized carbons (Fsp3) is 1.00. The van der Waals surface area contributed by atoms with Gasteiger partial charge in [0.05, 0.1) is 0 Å². The van der Waals surface area contributed by atoms with Crippen LogP contribution in [0.25, 0.3) is 0 Å². The smallest absolute Gasteiger partial charge is 0.0221 e. The van der Waals surface area contributed by atoms with Crippen LogP contribution in [0.15, 0.2) is 0 Å². The summed E-state index contributed by atoms with van der Waals surface area (Å²) in [5, 5.41) is 7.12. The van der Waals surface area contributed by atoms with Crippen molar-refractivity contribution in [3.8, 4) is 0 Å². The number of hydrogen-bond donors (Lipinski definition) is 2. The molecule has 0 amide bonds. The maximum Gasteiger partial charge on any atom is 0.0221 e. The second kappa shape index (κ2) is 2.89. The van der Waals surface area contributed by atoms with Crippen molar-refractivity contribution in [1.29, 1.82) is 0 Å². The van der Waals surface area contributed by atoms with E-state index in [9.17, 15) is 0 Å². The molecule has 1 aliphatic heterocycles. The van der Waals surface area contributed by atoms with Crippen molar-refractivity contribution >= 4 is 0 Å². The first-order valence-corrected chi connectivity index (χ1v) is 4.43. The fourth-order valence-corrected chi connectivity index (χ4v) is 2.13. The van der Waals surface area contributed by atoms with Gasteiger partial charge >= 0.3 is 0 Å². The van der Waals surface area contributed by atoms with Crippen LogP contribution in [0.5, 0.6) is 0 Å². The highest BCUT2D eigenvalue weighted by Crippen LogP contribution is 2.19. The van der Waals surface area contributed by atoms with Crippen LogP contribution < -0.4 is 10.6 Å². The SMILES string of the molecule is C1CC[C@@H]2NCCN[C@H]2C1. The Kier molecular flexibility index (Phi) is 1.91. The summed E-state index contributed by atoms with van der Waals surface area (Å²) in [6.45, 7) is 2.34. The van der Waals surface area contributed by atoms with Crippen LogP contribution in [0.2, 0.25) is 0 Å². The summed E-state index contributed by atoms with van der Waals surface area (Å²) in [5.74, 6) is 0. The molecule has 10 heavy (non-hydrogen) atoms. The predicted octanol–water partition coefficient (Wildman–Crippen LogP) is 0.490. The summed E-state index contributed by atoms with van der Waals surface area (Å²) in [6, 6.07) is 1.59. The summed E-state index contributed by atoms with van der Waals surface area (Å²) in [6.07, 6.45) is 5.63. The van der Waals surface area contributed by atoms with E-state index in [4.69, 9.17) is 0 Å². The molecule has 2 fully saturated rings. The first-order chi connectivity index (χ1) is 4.97. The van der Waals surface area contributed by atoms with Crippen LogP contribution in [0.1, 0.15) is 25.7 Å². The normalized spacial score (nSPS) is 40.8. The molecule has 2 atom stereocenters. The molecule has 0 aromatic carbocycles. The van der Waals surface area contributed by atoms with Gasteiger partial charge in [-0.25, -0.2) is 0 Å². The van der Waals surface area contributed by atoms with Crippen molar-refractivity contribution in [3.63, 3.8) is 0 Å². The van der Waals surface area contributed by atoms with Gasteiger partial charge in [-0.1, -0.05) is 12.8 Å². The lowest BCUT2D eigenvalue weighted by Gasteiger charge is -2.37. The lowest BCUT2D eigenvalue weighted by Crippen LogP contribution is -2.56. The van der Waals surface area contributed by atoms with Gasteiger partial charge in [0.1, 0.15) is 0 Å². The summed E-state index contributed by atoms with van der Waals surface area (Å²) in [5.41, 5.74) is 0. The lowest BCUT2D eigenvalue weighted by molar-refractivity contribution is 0.251. The Morgan fingerprint density at radius 2 is 1.30 bits per heavy atom. The van der Waals surface area contributed by atoms with E-state index >= 15 is 0 Å². The van der Waals surface area contributed by atoms with Gasteiger partial charge in [0, 0.05) is 25.2 Å². The summed E-state index contributed by atoms with van der Waals surface area (Å²) < 4.78 is 0. The molecule has 2 rings (SSSR count). The van der Waals surface area contributed by atoms with Gasteiger partial charge in [-0.05, 0) is 12.8 Å². The largest absolute Gasteiger partial charge is 0.311 e. The number of nitrogens with one attached hydrogen (secondary N) is 2. The molecule has 2 heteroatoms. The van der Waals surface area contributed by atoms with E-state index in [1.165, 1.54) is 38.8 Å². The molecule has 0 bridgehead atoms. The zero-order valence-electron chi connectivity index (χ0n) is 6.40.